The summed E-state index contributed by atoms with van der Waals surface area (Å²) in [6, 6.07) is 0.452. The third-order valence-electron chi connectivity index (χ3n) is 3.42. The molecule has 21 heavy (non-hydrogen) atoms. The zero-order valence-electron chi connectivity index (χ0n) is 16.2. The first-order chi connectivity index (χ1) is 9.63. The zero-order valence-corrected chi connectivity index (χ0v) is 16.2. The number of nitrogens with one attached hydrogen (secondary N) is 1. The minimum absolute atomic E-state index is 0.175. The molecule has 1 amide bonds. The lowest BCUT2D eigenvalue weighted by atomic mass is 9.87. The van der Waals surface area contributed by atoms with Crippen LogP contribution in [0.1, 0.15) is 94.4 Å². The highest BCUT2D eigenvalue weighted by Gasteiger charge is 2.21. The fourth-order valence-corrected chi connectivity index (χ4v) is 1.93. The van der Waals surface area contributed by atoms with Crippen molar-refractivity contribution in [2.24, 2.45) is 17.3 Å². The molecule has 1 atom stereocenters. The highest BCUT2D eigenvalue weighted by Crippen LogP contribution is 2.23. The van der Waals surface area contributed by atoms with E-state index in [0.29, 0.717) is 11.5 Å². The Morgan fingerprint density at radius 1 is 1.10 bits per heavy atom. The van der Waals surface area contributed by atoms with Crippen LogP contribution in [0.4, 0.5) is 0 Å². The molecule has 1 aliphatic carbocycles. The van der Waals surface area contributed by atoms with Crippen molar-refractivity contribution in [2.45, 2.75) is 100 Å². The Kier molecular flexibility index (Phi) is 13.1. The summed E-state index contributed by atoms with van der Waals surface area (Å²) in [5, 5.41) is 3.15. The monoisotopic (exact) mass is 299 g/mol. The van der Waals surface area contributed by atoms with Gasteiger partial charge in [-0.25, -0.2) is 0 Å². The maximum absolute atomic E-state index is 11.6. The molecule has 0 aromatic heterocycles. The lowest BCUT2D eigenvalue weighted by molar-refractivity contribution is -0.125. The Balaban J connectivity index is 0. The summed E-state index contributed by atoms with van der Waals surface area (Å²) in [4.78, 5) is 11.6. The van der Waals surface area contributed by atoms with Crippen molar-refractivity contribution >= 4 is 5.91 Å². The molecule has 0 spiro atoms. The van der Waals surface area contributed by atoms with Crippen molar-refractivity contribution in [1.82, 2.24) is 5.32 Å². The predicted molar refractivity (Wildman–Crippen MR) is 95.5 cm³/mol. The van der Waals surface area contributed by atoms with E-state index in [9.17, 15) is 4.79 Å². The third-order valence-corrected chi connectivity index (χ3v) is 3.42. The Bertz CT molecular complexity index is 241. The first-order valence-corrected chi connectivity index (χ1v) is 8.93. The molecule has 1 N–H and O–H groups in total. The topological polar surface area (TPSA) is 29.1 Å². The highest BCUT2D eigenvalue weighted by molar-refractivity contribution is 5.78. The van der Waals surface area contributed by atoms with E-state index in [1.54, 1.807) is 0 Å². The lowest BCUT2D eigenvalue weighted by Gasteiger charge is -2.27. The summed E-state index contributed by atoms with van der Waals surface area (Å²) in [5.74, 6) is 1.27. The summed E-state index contributed by atoms with van der Waals surface area (Å²) >= 11 is 0. The van der Waals surface area contributed by atoms with Crippen LogP contribution in [0.25, 0.3) is 0 Å². The van der Waals surface area contributed by atoms with Crippen LogP contribution in [-0.2, 0) is 4.79 Å². The van der Waals surface area contributed by atoms with Crippen molar-refractivity contribution in [3.63, 3.8) is 0 Å². The lowest BCUT2D eigenvalue weighted by Crippen LogP contribution is -2.39. The van der Waals surface area contributed by atoms with Gasteiger partial charge in [-0.05, 0) is 43.4 Å². The Morgan fingerprint density at radius 2 is 1.48 bits per heavy atom. The van der Waals surface area contributed by atoms with Gasteiger partial charge in [0.15, 0.2) is 0 Å². The Morgan fingerprint density at radius 3 is 1.81 bits per heavy atom. The minimum atomic E-state index is 0.175. The molecule has 0 radical (unpaired) electrons. The van der Waals surface area contributed by atoms with Gasteiger partial charge in [0.2, 0.25) is 5.91 Å². The number of carbonyl (C=O) groups is 1. The van der Waals surface area contributed by atoms with Gasteiger partial charge in [-0.1, -0.05) is 62.3 Å². The van der Waals surface area contributed by atoms with Crippen LogP contribution >= 0.6 is 0 Å². The van der Waals surface area contributed by atoms with E-state index in [1.165, 1.54) is 25.7 Å². The van der Waals surface area contributed by atoms with Crippen molar-refractivity contribution in [2.75, 3.05) is 0 Å². The fourth-order valence-electron chi connectivity index (χ4n) is 1.93. The van der Waals surface area contributed by atoms with E-state index >= 15 is 0 Å². The van der Waals surface area contributed by atoms with Crippen LogP contribution in [-0.4, -0.2) is 11.9 Å². The molecular formula is C19H41NO. The molecule has 1 fully saturated rings. The van der Waals surface area contributed by atoms with E-state index < -0.39 is 0 Å². The van der Waals surface area contributed by atoms with Gasteiger partial charge in [0.05, 0.1) is 0 Å². The van der Waals surface area contributed by atoms with Gasteiger partial charge in [-0.15, -0.1) is 0 Å². The molecule has 0 aliphatic heterocycles. The normalized spacial score (nSPS) is 22.9. The van der Waals surface area contributed by atoms with Crippen molar-refractivity contribution in [3.8, 4) is 0 Å². The maximum atomic E-state index is 11.6. The average molecular weight is 300 g/mol. The van der Waals surface area contributed by atoms with E-state index in [-0.39, 0.29) is 11.8 Å². The standard InChI is InChI=1S/C12H23NO.C5H12.C2H6/c1-4-10(3)12(14)13-11-7-5-9(2)6-8-11;1-5(2,3)4;1-2/h9-11H,4-8H2,1-3H3,(H,13,14);1-4H3;1-2H3. The summed E-state index contributed by atoms with van der Waals surface area (Å²) in [5.41, 5.74) is 0.500. The molecule has 2 heteroatoms. The second-order valence-corrected chi connectivity index (χ2v) is 7.77. The van der Waals surface area contributed by atoms with Gasteiger partial charge in [0, 0.05) is 12.0 Å². The van der Waals surface area contributed by atoms with Gasteiger partial charge in [-0.3, -0.25) is 4.79 Å². The number of carbonyl (C=O) groups excluding carboxylic acids is 1. The Hall–Kier alpha value is -0.530. The molecule has 0 heterocycles. The first kappa shape index (κ1) is 22.7. The molecule has 0 saturated heterocycles. The van der Waals surface area contributed by atoms with E-state index in [4.69, 9.17) is 0 Å². The van der Waals surface area contributed by atoms with Gasteiger partial charge in [-0.2, -0.15) is 0 Å². The molecular weight excluding hydrogens is 258 g/mol. The molecule has 1 rings (SSSR count). The van der Waals surface area contributed by atoms with E-state index in [1.807, 2.05) is 20.8 Å². The smallest absolute Gasteiger partial charge is 0.223 e. The fraction of sp³-hybridized carbons (Fsp3) is 0.947. The van der Waals surface area contributed by atoms with Crippen LogP contribution in [0, 0.1) is 17.3 Å². The summed E-state index contributed by atoms with van der Waals surface area (Å²) in [6.45, 7) is 19.1. The van der Waals surface area contributed by atoms with Crippen molar-refractivity contribution in [3.05, 3.63) is 0 Å². The highest BCUT2D eigenvalue weighted by atomic mass is 16.1. The summed E-state index contributed by atoms with van der Waals surface area (Å²) in [6.07, 6.45) is 5.82. The number of amides is 1. The second kappa shape index (κ2) is 12.1. The molecule has 0 aromatic carbocycles. The van der Waals surface area contributed by atoms with Gasteiger partial charge in [0.25, 0.3) is 0 Å². The SMILES string of the molecule is CC.CC(C)(C)C.CCC(C)C(=O)NC1CCC(C)CC1. The molecule has 1 aliphatic rings. The summed E-state index contributed by atoms with van der Waals surface area (Å²) < 4.78 is 0. The van der Waals surface area contributed by atoms with Crippen LogP contribution in [0.2, 0.25) is 0 Å². The van der Waals surface area contributed by atoms with Crippen LogP contribution in [0.5, 0.6) is 0 Å². The second-order valence-electron chi connectivity index (χ2n) is 7.77. The molecule has 0 aromatic rings. The quantitative estimate of drug-likeness (QED) is 0.700. The third kappa shape index (κ3) is 15.7. The number of hydrogen-bond donors (Lipinski definition) is 1. The minimum Gasteiger partial charge on any atom is -0.353 e. The molecule has 2 nitrogen and oxygen atoms in total. The van der Waals surface area contributed by atoms with Crippen molar-refractivity contribution in [1.29, 1.82) is 0 Å². The number of rotatable bonds is 3. The van der Waals surface area contributed by atoms with Crippen molar-refractivity contribution < 1.29 is 4.79 Å². The molecule has 1 saturated carbocycles. The average Bonchev–Trinajstić information content (AvgIpc) is 2.41. The molecule has 0 bridgehead atoms. The first-order valence-electron chi connectivity index (χ1n) is 8.93. The van der Waals surface area contributed by atoms with Gasteiger partial charge in [0.1, 0.15) is 0 Å². The predicted octanol–water partition coefficient (Wildman–Crippen LogP) is 5.81. The number of hydrogen-bond acceptors (Lipinski definition) is 1. The van der Waals surface area contributed by atoms with Crippen LogP contribution in [0.3, 0.4) is 0 Å². The Labute approximate surface area is 134 Å². The van der Waals surface area contributed by atoms with Gasteiger partial charge >= 0.3 is 0 Å². The van der Waals surface area contributed by atoms with Crippen LogP contribution < -0.4 is 5.32 Å². The van der Waals surface area contributed by atoms with E-state index in [0.717, 1.165) is 12.3 Å². The largest absolute Gasteiger partial charge is 0.353 e. The summed E-state index contributed by atoms with van der Waals surface area (Å²) in [7, 11) is 0. The molecule has 1 unspecified atom stereocenters. The maximum Gasteiger partial charge on any atom is 0.223 e. The van der Waals surface area contributed by atoms with Gasteiger partial charge < -0.3 is 5.32 Å². The molecule has 128 valence electrons. The van der Waals surface area contributed by atoms with Crippen LogP contribution in [0.15, 0.2) is 0 Å². The van der Waals surface area contributed by atoms with E-state index in [2.05, 4.69) is 46.9 Å². The zero-order chi connectivity index (χ0) is 17.1.